The molecule has 0 spiro atoms. The average Bonchev–Trinajstić information content (AvgIpc) is 2.65. The fraction of sp³-hybridized carbons (Fsp3) is 0.222. The van der Waals surface area contributed by atoms with Gasteiger partial charge in [0.25, 0.3) is 0 Å². The molecular weight excluding hydrogens is 307 g/mol. The maximum atomic E-state index is 12.4. The lowest BCUT2D eigenvalue weighted by Gasteiger charge is -2.07. The summed E-state index contributed by atoms with van der Waals surface area (Å²) < 4.78 is 41.8. The normalized spacial score (nSPS) is 11.8. The smallest absolute Gasteiger partial charge is 0.247 e. The average molecular weight is 312 g/mol. The van der Waals surface area contributed by atoms with Crippen LogP contribution >= 0.6 is 34.9 Å². The van der Waals surface area contributed by atoms with Gasteiger partial charge >= 0.3 is 6.18 Å². The molecule has 0 aromatic carbocycles. The van der Waals surface area contributed by atoms with Gasteiger partial charge in [-0.3, -0.25) is 0 Å². The van der Waals surface area contributed by atoms with Crippen LogP contribution in [0, 0.1) is 6.92 Å². The van der Waals surface area contributed by atoms with E-state index in [1.165, 1.54) is 0 Å². The van der Waals surface area contributed by atoms with E-state index in [1.54, 1.807) is 6.92 Å². The summed E-state index contributed by atoms with van der Waals surface area (Å²) in [6, 6.07) is 0.852. The topological polar surface area (TPSA) is 38.7 Å². The van der Waals surface area contributed by atoms with E-state index in [0.29, 0.717) is 10.2 Å². The number of rotatable bonds is 2. The first-order chi connectivity index (χ1) is 8.36. The highest BCUT2D eigenvalue weighted by molar-refractivity contribution is 8.01. The summed E-state index contributed by atoms with van der Waals surface area (Å²) in [5.41, 5.74) is -0.870. The van der Waals surface area contributed by atoms with Crippen molar-refractivity contribution >= 4 is 34.9 Å². The molecule has 2 rings (SSSR count). The van der Waals surface area contributed by atoms with Crippen LogP contribution in [0.5, 0.6) is 0 Å². The van der Waals surface area contributed by atoms with Gasteiger partial charge in [0.05, 0.1) is 10.6 Å². The van der Waals surface area contributed by atoms with E-state index in [9.17, 15) is 13.2 Å². The maximum absolute atomic E-state index is 12.4. The molecule has 9 heteroatoms. The molecule has 0 fully saturated rings. The number of halogens is 4. The number of nitrogens with zero attached hydrogens (tertiary/aromatic N) is 3. The minimum absolute atomic E-state index is 0.0531. The first kappa shape index (κ1) is 13.6. The van der Waals surface area contributed by atoms with Gasteiger partial charge in [0.15, 0.2) is 4.34 Å². The molecule has 0 saturated heterocycles. The first-order valence-electron chi connectivity index (χ1n) is 4.57. The Morgan fingerprint density at radius 1 is 1.39 bits per heavy atom. The predicted octanol–water partition coefficient (Wildman–Crippen LogP) is 4.06. The second kappa shape index (κ2) is 5.02. The van der Waals surface area contributed by atoms with Gasteiger partial charge in [0, 0.05) is 6.20 Å². The Morgan fingerprint density at radius 2 is 2.11 bits per heavy atom. The van der Waals surface area contributed by atoms with Crippen LogP contribution in [0.25, 0.3) is 0 Å². The summed E-state index contributed by atoms with van der Waals surface area (Å²) in [5, 5.41) is 0.225. The Morgan fingerprint density at radius 3 is 2.61 bits per heavy atom. The maximum Gasteiger partial charge on any atom is 0.417 e. The Kier molecular flexibility index (Phi) is 3.79. The van der Waals surface area contributed by atoms with Crippen LogP contribution in [0.15, 0.2) is 21.6 Å². The molecular formula is C9H5ClF3N3S2. The molecule has 2 heterocycles. The third-order valence-electron chi connectivity index (χ3n) is 1.83. The van der Waals surface area contributed by atoms with Crippen LogP contribution in [0.2, 0.25) is 5.02 Å². The van der Waals surface area contributed by atoms with Gasteiger partial charge in [0.1, 0.15) is 10.9 Å². The van der Waals surface area contributed by atoms with Crippen molar-refractivity contribution in [3.05, 3.63) is 28.7 Å². The minimum Gasteiger partial charge on any atom is -0.247 e. The van der Waals surface area contributed by atoms with E-state index < -0.39 is 11.7 Å². The van der Waals surface area contributed by atoms with Crippen molar-refractivity contribution < 1.29 is 13.2 Å². The molecule has 2 aromatic heterocycles. The molecule has 18 heavy (non-hydrogen) atoms. The van der Waals surface area contributed by atoms with Crippen LogP contribution < -0.4 is 0 Å². The van der Waals surface area contributed by atoms with Crippen molar-refractivity contribution in [2.24, 2.45) is 0 Å². The highest BCUT2D eigenvalue weighted by atomic mass is 35.5. The highest BCUT2D eigenvalue weighted by Gasteiger charge is 2.31. The number of hydrogen-bond donors (Lipinski definition) is 0. The summed E-state index contributed by atoms with van der Waals surface area (Å²) in [6.07, 6.45) is -3.69. The van der Waals surface area contributed by atoms with Gasteiger partial charge < -0.3 is 0 Å². The summed E-state index contributed by atoms with van der Waals surface area (Å²) >= 11 is 8.00. The Hall–Kier alpha value is -0.860. The van der Waals surface area contributed by atoms with Gasteiger partial charge in [0.2, 0.25) is 0 Å². The van der Waals surface area contributed by atoms with E-state index in [1.807, 2.05) is 0 Å². The zero-order valence-corrected chi connectivity index (χ0v) is 11.2. The first-order valence-corrected chi connectivity index (χ1v) is 6.54. The predicted molar refractivity (Wildman–Crippen MR) is 63.0 cm³/mol. The van der Waals surface area contributed by atoms with Crippen LogP contribution in [0.4, 0.5) is 13.2 Å². The van der Waals surface area contributed by atoms with Crippen LogP contribution in [-0.2, 0) is 6.18 Å². The minimum atomic E-state index is -4.45. The monoisotopic (exact) mass is 311 g/mol. The van der Waals surface area contributed by atoms with E-state index >= 15 is 0 Å². The largest absolute Gasteiger partial charge is 0.417 e. The number of alkyl halides is 3. The second-order valence-corrected chi connectivity index (χ2v) is 5.61. The van der Waals surface area contributed by atoms with Gasteiger partial charge in [-0.15, -0.1) is 0 Å². The van der Waals surface area contributed by atoms with Gasteiger partial charge in [-0.1, -0.05) is 11.6 Å². The van der Waals surface area contributed by atoms with E-state index in [0.717, 1.165) is 35.6 Å². The van der Waals surface area contributed by atoms with Crippen molar-refractivity contribution in [2.45, 2.75) is 22.5 Å². The number of pyridine rings is 1. The molecule has 0 saturated carbocycles. The Labute approximate surface area is 114 Å². The molecule has 2 aromatic rings. The van der Waals surface area contributed by atoms with Crippen LogP contribution in [-0.4, -0.2) is 14.3 Å². The Bertz CT molecular complexity index is 570. The molecule has 0 aliphatic rings. The molecule has 96 valence electrons. The van der Waals surface area contributed by atoms with Gasteiger partial charge in [-0.2, -0.15) is 17.5 Å². The zero-order valence-electron chi connectivity index (χ0n) is 8.82. The SMILES string of the molecule is Cc1nsc(Sc2ncc(C(F)(F)F)cc2Cl)n1. The molecule has 0 unspecified atom stereocenters. The lowest BCUT2D eigenvalue weighted by Crippen LogP contribution is -2.05. The highest BCUT2D eigenvalue weighted by Crippen LogP contribution is 2.36. The third-order valence-corrected chi connectivity index (χ3v) is 4.09. The number of hydrogen-bond acceptors (Lipinski definition) is 5. The molecule has 0 radical (unpaired) electrons. The van der Waals surface area contributed by atoms with Gasteiger partial charge in [-0.05, 0) is 36.3 Å². The Balaban J connectivity index is 2.25. The zero-order chi connectivity index (χ0) is 13.3. The lowest BCUT2D eigenvalue weighted by atomic mass is 10.3. The second-order valence-electron chi connectivity index (χ2n) is 3.22. The standard InChI is InChI=1S/C9H5ClF3N3S2/c1-4-15-8(18-16-4)17-7-6(10)2-5(3-14-7)9(11,12)13/h2-3H,1H3. The van der Waals surface area contributed by atoms with E-state index in [4.69, 9.17) is 11.6 Å². The van der Waals surface area contributed by atoms with Gasteiger partial charge in [-0.25, -0.2) is 9.97 Å². The van der Waals surface area contributed by atoms with Crippen molar-refractivity contribution in [3.63, 3.8) is 0 Å². The number of aryl methyl sites for hydroxylation is 1. The van der Waals surface area contributed by atoms with Crippen molar-refractivity contribution in [1.29, 1.82) is 0 Å². The van der Waals surface area contributed by atoms with Crippen molar-refractivity contribution in [2.75, 3.05) is 0 Å². The fourth-order valence-electron chi connectivity index (χ4n) is 1.06. The lowest BCUT2D eigenvalue weighted by molar-refractivity contribution is -0.137. The van der Waals surface area contributed by atoms with Crippen LogP contribution in [0.1, 0.15) is 11.4 Å². The molecule has 0 amide bonds. The fourth-order valence-corrected chi connectivity index (χ4v) is 2.87. The van der Waals surface area contributed by atoms with E-state index in [2.05, 4.69) is 14.3 Å². The third kappa shape index (κ3) is 3.12. The molecule has 0 bridgehead atoms. The molecule has 0 aliphatic carbocycles. The summed E-state index contributed by atoms with van der Waals surface area (Å²) in [6.45, 7) is 1.72. The van der Waals surface area contributed by atoms with E-state index in [-0.39, 0.29) is 10.0 Å². The number of aromatic nitrogens is 3. The molecule has 0 atom stereocenters. The van der Waals surface area contributed by atoms with Crippen molar-refractivity contribution in [1.82, 2.24) is 14.3 Å². The quantitative estimate of drug-likeness (QED) is 0.838. The summed E-state index contributed by atoms with van der Waals surface area (Å²) in [5.74, 6) is 0.602. The summed E-state index contributed by atoms with van der Waals surface area (Å²) in [4.78, 5) is 7.77. The van der Waals surface area contributed by atoms with Crippen molar-refractivity contribution in [3.8, 4) is 0 Å². The van der Waals surface area contributed by atoms with Crippen LogP contribution in [0.3, 0.4) is 0 Å². The summed E-state index contributed by atoms with van der Waals surface area (Å²) in [7, 11) is 0. The molecule has 0 aliphatic heterocycles. The molecule has 3 nitrogen and oxygen atoms in total. The molecule has 0 N–H and O–H groups in total.